The fourth-order valence-electron chi connectivity index (χ4n) is 3.09. The summed E-state index contributed by atoms with van der Waals surface area (Å²) < 4.78 is 0. The first-order valence-corrected chi connectivity index (χ1v) is 7.59. The zero-order valence-electron chi connectivity index (χ0n) is 12.3. The second-order valence-corrected chi connectivity index (χ2v) is 5.75. The Kier molecular flexibility index (Phi) is 3.83. The minimum absolute atomic E-state index is 0.144. The third-order valence-corrected chi connectivity index (χ3v) is 4.35. The van der Waals surface area contributed by atoms with Crippen LogP contribution in [0.25, 0.3) is 0 Å². The standard InChI is InChI=1S/C16H19N3O3/c17-15(21)13-8-10-19(16(13)22)12-6-4-11(5-7-12)18-9-2-1-3-14(18)20/h4-7,13H,1-3,8-10H2,(H2,17,21). The number of nitrogens with zero attached hydrogens (tertiary/aromatic N) is 2. The van der Waals surface area contributed by atoms with Crippen molar-refractivity contribution in [3.63, 3.8) is 0 Å². The topological polar surface area (TPSA) is 83.7 Å². The molecule has 1 aromatic rings. The van der Waals surface area contributed by atoms with E-state index >= 15 is 0 Å². The molecule has 2 aliphatic rings. The summed E-state index contributed by atoms with van der Waals surface area (Å²) in [6.07, 6.45) is 3.01. The second-order valence-electron chi connectivity index (χ2n) is 5.75. The molecule has 0 aliphatic carbocycles. The van der Waals surface area contributed by atoms with Crippen LogP contribution >= 0.6 is 0 Å². The summed E-state index contributed by atoms with van der Waals surface area (Å²) in [4.78, 5) is 38.6. The Morgan fingerprint density at radius 1 is 1.00 bits per heavy atom. The maximum Gasteiger partial charge on any atom is 0.239 e. The van der Waals surface area contributed by atoms with Crippen LogP contribution in [-0.4, -0.2) is 30.8 Å². The van der Waals surface area contributed by atoms with Crippen LogP contribution in [-0.2, 0) is 14.4 Å². The third kappa shape index (κ3) is 2.56. The lowest BCUT2D eigenvalue weighted by Crippen LogP contribution is -2.35. The molecule has 0 spiro atoms. The highest BCUT2D eigenvalue weighted by Gasteiger charge is 2.36. The Morgan fingerprint density at radius 2 is 1.64 bits per heavy atom. The zero-order chi connectivity index (χ0) is 15.7. The molecule has 0 saturated carbocycles. The number of carbonyl (C=O) groups is 3. The van der Waals surface area contributed by atoms with E-state index in [4.69, 9.17) is 5.73 Å². The Labute approximate surface area is 128 Å². The van der Waals surface area contributed by atoms with E-state index in [1.165, 1.54) is 0 Å². The van der Waals surface area contributed by atoms with E-state index in [2.05, 4.69) is 0 Å². The molecule has 1 aromatic carbocycles. The number of hydrogen-bond acceptors (Lipinski definition) is 3. The van der Waals surface area contributed by atoms with Gasteiger partial charge in [0.2, 0.25) is 17.7 Å². The van der Waals surface area contributed by atoms with Crippen molar-refractivity contribution in [1.82, 2.24) is 0 Å². The number of carbonyl (C=O) groups excluding carboxylic acids is 3. The van der Waals surface area contributed by atoms with Crippen molar-refractivity contribution in [3.8, 4) is 0 Å². The van der Waals surface area contributed by atoms with Gasteiger partial charge in [-0.25, -0.2) is 0 Å². The van der Waals surface area contributed by atoms with Crippen LogP contribution in [0.5, 0.6) is 0 Å². The minimum Gasteiger partial charge on any atom is -0.369 e. The largest absolute Gasteiger partial charge is 0.369 e. The summed E-state index contributed by atoms with van der Waals surface area (Å²) in [6, 6.07) is 7.34. The van der Waals surface area contributed by atoms with Crippen molar-refractivity contribution in [1.29, 1.82) is 0 Å². The fourth-order valence-corrected chi connectivity index (χ4v) is 3.09. The number of amides is 3. The molecule has 0 radical (unpaired) electrons. The van der Waals surface area contributed by atoms with Crippen LogP contribution in [0, 0.1) is 5.92 Å². The highest BCUT2D eigenvalue weighted by Crippen LogP contribution is 2.28. The van der Waals surface area contributed by atoms with E-state index in [1.807, 2.05) is 24.3 Å². The molecule has 3 amide bonds. The molecular weight excluding hydrogens is 282 g/mol. The molecule has 1 atom stereocenters. The van der Waals surface area contributed by atoms with Crippen LogP contribution in [0.15, 0.2) is 24.3 Å². The van der Waals surface area contributed by atoms with Gasteiger partial charge in [-0.1, -0.05) is 0 Å². The van der Waals surface area contributed by atoms with Crippen molar-refractivity contribution in [2.24, 2.45) is 11.7 Å². The average molecular weight is 301 g/mol. The van der Waals surface area contributed by atoms with Crippen LogP contribution < -0.4 is 15.5 Å². The number of nitrogens with two attached hydrogens (primary N) is 1. The van der Waals surface area contributed by atoms with Gasteiger partial charge in [0.1, 0.15) is 5.92 Å². The lowest BCUT2D eigenvalue weighted by molar-refractivity contribution is -0.130. The first kappa shape index (κ1) is 14.6. The van der Waals surface area contributed by atoms with Gasteiger partial charge in [-0.2, -0.15) is 0 Å². The molecule has 1 unspecified atom stereocenters. The second kappa shape index (κ2) is 5.79. The van der Waals surface area contributed by atoms with E-state index in [-0.39, 0.29) is 11.8 Å². The van der Waals surface area contributed by atoms with E-state index in [0.29, 0.717) is 19.4 Å². The predicted molar refractivity (Wildman–Crippen MR) is 82.3 cm³/mol. The van der Waals surface area contributed by atoms with Gasteiger partial charge in [-0.15, -0.1) is 0 Å². The molecule has 6 nitrogen and oxygen atoms in total. The van der Waals surface area contributed by atoms with E-state index in [1.54, 1.807) is 9.80 Å². The molecule has 6 heteroatoms. The highest BCUT2D eigenvalue weighted by molar-refractivity contribution is 6.09. The van der Waals surface area contributed by atoms with Gasteiger partial charge >= 0.3 is 0 Å². The third-order valence-electron chi connectivity index (χ3n) is 4.35. The zero-order valence-corrected chi connectivity index (χ0v) is 12.3. The van der Waals surface area contributed by atoms with Gasteiger partial charge in [0, 0.05) is 30.9 Å². The van der Waals surface area contributed by atoms with Crippen LogP contribution in [0.3, 0.4) is 0 Å². The number of anilines is 2. The van der Waals surface area contributed by atoms with Crippen molar-refractivity contribution in [2.45, 2.75) is 25.7 Å². The highest BCUT2D eigenvalue weighted by atomic mass is 16.2. The smallest absolute Gasteiger partial charge is 0.239 e. The number of hydrogen-bond donors (Lipinski definition) is 1. The van der Waals surface area contributed by atoms with E-state index in [9.17, 15) is 14.4 Å². The molecule has 2 N–H and O–H groups in total. The van der Waals surface area contributed by atoms with Crippen LogP contribution in [0.4, 0.5) is 11.4 Å². The molecule has 0 bridgehead atoms. The summed E-state index contributed by atoms with van der Waals surface area (Å²) in [5, 5.41) is 0. The molecule has 2 heterocycles. The Morgan fingerprint density at radius 3 is 2.18 bits per heavy atom. The Bertz CT molecular complexity index is 612. The molecule has 3 rings (SSSR count). The maximum atomic E-state index is 12.1. The molecule has 2 aliphatic heterocycles. The number of piperidine rings is 1. The monoisotopic (exact) mass is 301 g/mol. The maximum absolute atomic E-state index is 12.1. The van der Waals surface area contributed by atoms with Crippen molar-refractivity contribution in [3.05, 3.63) is 24.3 Å². The summed E-state index contributed by atoms with van der Waals surface area (Å²) in [5.41, 5.74) is 6.83. The summed E-state index contributed by atoms with van der Waals surface area (Å²) >= 11 is 0. The lowest BCUT2D eigenvalue weighted by Gasteiger charge is -2.27. The normalized spacial score (nSPS) is 22.3. The number of primary amides is 1. The molecular formula is C16H19N3O3. The van der Waals surface area contributed by atoms with E-state index in [0.717, 1.165) is 30.8 Å². The van der Waals surface area contributed by atoms with Crippen LogP contribution in [0.1, 0.15) is 25.7 Å². The fraction of sp³-hybridized carbons (Fsp3) is 0.438. The first-order chi connectivity index (χ1) is 10.6. The molecule has 2 fully saturated rings. The van der Waals surface area contributed by atoms with Gasteiger partial charge in [-0.3, -0.25) is 14.4 Å². The number of rotatable bonds is 3. The SMILES string of the molecule is NC(=O)C1CCN(c2ccc(N3CCCCC3=O)cc2)C1=O. The van der Waals surface area contributed by atoms with Gasteiger partial charge in [0.15, 0.2) is 0 Å². The Hall–Kier alpha value is -2.37. The predicted octanol–water partition coefficient (Wildman–Crippen LogP) is 1.04. The lowest BCUT2D eigenvalue weighted by atomic mass is 10.1. The number of benzene rings is 1. The van der Waals surface area contributed by atoms with Crippen LogP contribution in [0.2, 0.25) is 0 Å². The summed E-state index contributed by atoms with van der Waals surface area (Å²) in [6.45, 7) is 1.24. The summed E-state index contributed by atoms with van der Waals surface area (Å²) in [5.74, 6) is -1.38. The van der Waals surface area contributed by atoms with Gasteiger partial charge in [0.05, 0.1) is 0 Å². The first-order valence-electron chi connectivity index (χ1n) is 7.59. The molecule has 116 valence electrons. The van der Waals surface area contributed by atoms with Gasteiger partial charge in [-0.05, 0) is 43.5 Å². The average Bonchev–Trinajstić information content (AvgIpc) is 2.90. The van der Waals surface area contributed by atoms with Crippen molar-refractivity contribution < 1.29 is 14.4 Å². The quantitative estimate of drug-likeness (QED) is 0.847. The van der Waals surface area contributed by atoms with Crippen molar-refractivity contribution >= 4 is 29.1 Å². The molecule has 22 heavy (non-hydrogen) atoms. The van der Waals surface area contributed by atoms with Crippen molar-refractivity contribution in [2.75, 3.05) is 22.9 Å². The molecule has 2 saturated heterocycles. The van der Waals surface area contributed by atoms with Gasteiger partial charge in [0.25, 0.3) is 0 Å². The molecule has 0 aromatic heterocycles. The van der Waals surface area contributed by atoms with Gasteiger partial charge < -0.3 is 15.5 Å². The minimum atomic E-state index is -0.719. The summed E-state index contributed by atoms with van der Waals surface area (Å²) in [7, 11) is 0. The van der Waals surface area contributed by atoms with E-state index < -0.39 is 11.8 Å². The Balaban J connectivity index is 1.76.